The van der Waals surface area contributed by atoms with Crippen molar-refractivity contribution in [3.63, 3.8) is 0 Å². The van der Waals surface area contributed by atoms with Gasteiger partial charge in [0.15, 0.2) is 0 Å². The van der Waals surface area contributed by atoms with Gasteiger partial charge in [-0.15, -0.1) is 11.6 Å². The fraction of sp³-hybridized carbons (Fsp3) is 0.500. The summed E-state index contributed by atoms with van der Waals surface area (Å²) in [6.45, 7) is 2.22. The van der Waals surface area contributed by atoms with Crippen molar-refractivity contribution in [2.75, 3.05) is 13.6 Å². The number of pyridine rings is 1. The summed E-state index contributed by atoms with van der Waals surface area (Å²) >= 11 is 5.76. The average molecular weight is 295 g/mol. The van der Waals surface area contributed by atoms with E-state index < -0.39 is 17.6 Å². The summed E-state index contributed by atoms with van der Waals surface area (Å²) in [5.41, 5.74) is -0.890. The molecule has 0 saturated heterocycles. The zero-order valence-electron chi connectivity index (χ0n) is 10.5. The molecule has 1 heterocycles. The first kappa shape index (κ1) is 15.8. The first-order valence-corrected chi connectivity index (χ1v) is 6.08. The molecule has 0 aliphatic heterocycles. The maximum Gasteiger partial charge on any atom is 0.417 e. The van der Waals surface area contributed by atoms with Crippen LogP contribution in [0.2, 0.25) is 0 Å². The van der Waals surface area contributed by atoms with Gasteiger partial charge in [0, 0.05) is 25.2 Å². The van der Waals surface area contributed by atoms with E-state index in [0.717, 1.165) is 12.1 Å². The van der Waals surface area contributed by atoms with Gasteiger partial charge in [0.05, 0.1) is 5.56 Å². The molecule has 19 heavy (non-hydrogen) atoms. The molecule has 1 unspecified atom stereocenters. The van der Waals surface area contributed by atoms with Gasteiger partial charge < -0.3 is 4.90 Å². The van der Waals surface area contributed by atoms with Crippen molar-refractivity contribution in [2.45, 2.75) is 24.9 Å². The third-order valence-electron chi connectivity index (χ3n) is 2.52. The van der Waals surface area contributed by atoms with E-state index in [1.165, 1.54) is 4.90 Å². The smallest absolute Gasteiger partial charge is 0.340 e. The van der Waals surface area contributed by atoms with Gasteiger partial charge in [-0.3, -0.25) is 9.78 Å². The molecule has 106 valence electrons. The van der Waals surface area contributed by atoms with E-state index in [0.29, 0.717) is 19.2 Å². The van der Waals surface area contributed by atoms with Crippen LogP contribution in [0.5, 0.6) is 0 Å². The Bertz CT molecular complexity index is 432. The number of hydrogen-bond donors (Lipinski definition) is 0. The molecule has 0 aliphatic rings. The van der Waals surface area contributed by atoms with Gasteiger partial charge in [0.2, 0.25) is 0 Å². The van der Waals surface area contributed by atoms with Crippen molar-refractivity contribution in [3.05, 3.63) is 29.6 Å². The van der Waals surface area contributed by atoms with Crippen LogP contribution in [0.4, 0.5) is 13.2 Å². The van der Waals surface area contributed by atoms with Crippen LogP contribution in [0.3, 0.4) is 0 Å². The second kappa shape index (κ2) is 6.23. The first-order valence-electron chi connectivity index (χ1n) is 5.64. The molecular weight excluding hydrogens is 281 g/mol. The zero-order chi connectivity index (χ0) is 14.6. The molecule has 1 atom stereocenters. The number of carbonyl (C=O) groups is 1. The highest BCUT2D eigenvalue weighted by Gasteiger charge is 2.31. The highest BCUT2D eigenvalue weighted by molar-refractivity contribution is 6.20. The summed E-state index contributed by atoms with van der Waals surface area (Å²) in [7, 11) is 1.56. The molecule has 0 bridgehead atoms. The summed E-state index contributed by atoms with van der Waals surface area (Å²) in [6.07, 6.45) is -3.19. The van der Waals surface area contributed by atoms with E-state index in [2.05, 4.69) is 4.98 Å². The Hall–Kier alpha value is -1.30. The summed E-state index contributed by atoms with van der Waals surface area (Å²) in [5.74, 6) is -0.425. The third kappa shape index (κ3) is 4.70. The van der Waals surface area contributed by atoms with Crippen LogP contribution in [0.25, 0.3) is 0 Å². The SMILES string of the molecule is CC(Cl)CCN(C)C(=O)c1ccc(C(F)(F)F)cn1. The Kier molecular flexibility index (Phi) is 5.17. The lowest BCUT2D eigenvalue weighted by atomic mass is 10.2. The van der Waals surface area contributed by atoms with Crippen LogP contribution >= 0.6 is 11.6 Å². The van der Waals surface area contributed by atoms with Crippen LogP contribution in [0.15, 0.2) is 18.3 Å². The summed E-state index contributed by atoms with van der Waals surface area (Å²) in [6, 6.07) is 1.92. The Morgan fingerprint density at radius 1 is 1.47 bits per heavy atom. The Labute approximate surface area is 114 Å². The Morgan fingerprint density at radius 3 is 2.53 bits per heavy atom. The normalized spacial score (nSPS) is 13.2. The minimum atomic E-state index is -4.45. The van der Waals surface area contributed by atoms with E-state index in [-0.39, 0.29) is 11.1 Å². The van der Waals surface area contributed by atoms with E-state index in [4.69, 9.17) is 11.6 Å². The third-order valence-corrected chi connectivity index (χ3v) is 2.74. The van der Waals surface area contributed by atoms with Crippen molar-refractivity contribution >= 4 is 17.5 Å². The van der Waals surface area contributed by atoms with E-state index in [1.807, 2.05) is 0 Å². The quantitative estimate of drug-likeness (QED) is 0.799. The van der Waals surface area contributed by atoms with Crippen LogP contribution in [0, 0.1) is 0 Å². The van der Waals surface area contributed by atoms with Crippen molar-refractivity contribution in [3.8, 4) is 0 Å². The molecule has 1 aromatic rings. The Morgan fingerprint density at radius 2 is 2.11 bits per heavy atom. The highest BCUT2D eigenvalue weighted by atomic mass is 35.5. The van der Waals surface area contributed by atoms with Gasteiger partial charge in [-0.2, -0.15) is 13.2 Å². The molecule has 0 aromatic carbocycles. The van der Waals surface area contributed by atoms with Crippen LogP contribution in [-0.4, -0.2) is 34.8 Å². The molecule has 1 rings (SSSR count). The number of rotatable bonds is 4. The molecule has 0 spiro atoms. The predicted molar refractivity (Wildman–Crippen MR) is 66.1 cm³/mol. The molecule has 7 heteroatoms. The number of halogens is 4. The lowest BCUT2D eigenvalue weighted by Crippen LogP contribution is -2.29. The minimum absolute atomic E-state index is 0.0160. The van der Waals surface area contributed by atoms with Crippen molar-refractivity contribution < 1.29 is 18.0 Å². The first-order chi connectivity index (χ1) is 8.71. The van der Waals surface area contributed by atoms with Crippen LogP contribution < -0.4 is 0 Å². The van der Waals surface area contributed by atoms with Gasteiger partial charge >= 0.3 is 6.18 Å². The fourth-order valence-electron chi connectivity index (χ4n) is 1.36. The second-order valence-corrected chi connectivity index (χ2v) is 4.97. The maximum absolute atomic E-state index is 12.3. The number of alkyl halides is 4. The van der Waals surface area contributed by atoms with Crippen molar-refractivity contribution in [2.24, 2.45) is 0 Å². The van der Waals surface area contributed by atoms with E-state index in [1.54, 1.807) is 14.0 Å². The highest BCUT2D eigenvalue weighted by Crippen LogP contribution is 2.28. The molecule has 3 nitrogen and oxygen atoms in total. The average Bonchev–Trinajstić information content (AvgIpc) is 2.34. The molecule has 0 aliphatic carbocycles. The number of carbonyl (C=O) groups excluding carboxylic acids is 1. The summed E-state index contributed by atoms with van der Waals surface area (Å²) < 4.78 is 37.0. The molecule has 1 aromatic heterocycles. The predicted octanol–water partition coefficient (Wildman–Crippen LogP) is 3.19. The molecule has 0 fully saturated rings. The van der Waals surface area contributed by atoms with Gasteiger partial charge in [-0.25, -0.2) is 0 Å². The summed E-state index contributed by atoms with van der Waals surface area (Å²) in [5, 5.41) is -0.0733. The maximum atomic E-state index is 12.3. The number of amides is 1. The lowest BCUT2D eigenvalue weighted by Gasteiger charge is -2.17. The molecule has 1 amide bonds. The van der Waals surface area contributed by atoms with Crippen LogP contribution in [0.1, 0.15) is 29.4 Å². The largest absolute Gasteiger partial charge is 0.417 e. The molecule has 0 N–H and O–H groups in total. The van der Waals surface area contributed by atoms with E-state index in [9.17, 15) is 18.0 Å². The fourth-order valence-corrected chi connectivity index (χ4v) is 1.45. The summed E-state index contributed by atoms with van der Waals surface area (Å²) in [4.78, 5) is 16.8. The monoisotopic (exact) mass is 294 g/mol. The molecule has 0 radical (unpaired) electrons. The molecular formula is C12H14ClF3N2O. The zero-order valence-corrected chi connectivity index (χ0v) is 11.3. The van der Waals surface area contributed by atoms with Crippen molar-refractivity contribution in [1.82, 2.24) is 9.88 Å². The lowest BCUT2D eigenvalue weighted by molar-refractivity contribution is -0.137. The number of nitrogens with zero attached hydrogens (tertiary/aromatic N) is 2. The van der Waals surface area contributed by atoms with Crippen molar-refractivity contribution in [1.29, 1.82) is 0 Å². The molecule has 0 saturated carbocycles. The second-order valence-electron chi connectivity index (χ2n) is 4.23. The topological polar surface area (TPSA) is 33.2 Å². The van der Waals surface area contributed by atoms with Crippen LogP contribution in [-0.2, 0) is 6.18 Å². The van der Waals surface area contributed by atoms with Gasteiger partial charge in [-0.1, -0.05) is 0 Å². The van der Waals surface area contributed by atoms with Gasteiger partial charge in [0.1, 0.15) is 5.69 Å². The number of aromatic nitrogens is 1. The standard InChI is InChI=1S/C12H14ClF3N2O/c1-8(13)5-6-18(2)11(19)10-4-3-9(7-17-10)12(14,15)16/h3-4,7-8H,5-6H2,1-2H3. The number of hydrogen-bond acceptors (Lipinski definition) is 2. The van der Waals surface area contributed by atoms with E-state index >= 15 is 0 Å². The van der Waals surface area contributed by atoms with Gasteiger partial charge in [-0.05, 0) is 25.5 Å². The Balaban J connectivity index is 2.72. The van der Waals surface area contributed by atoms with Gasteiger partial charge in [0.25, 0.3) is 5.91 Å². The minimum Gasteiger partial charge on any atom is -0.340 e.